The second-order valence-electron chi connectivity index (χ2n) is 6.68. The number of carbonyl (C=O) groups excluding carboxylic acids is 1. The molecule has 1 saturated heterocycles. The second-order valence-corrected chi connectivity index (χ2v) is 8.92. The molecule has 0 aliphatic carbocycles. The van der Waals surface area contributed by atoms with E-state index in [-0.39, 0.29) is 28.2 Å². The molecule has 1 N–H and O–H groups in total. The Bertz CT molecular complexity index is 665. The zero-order valence-corrected chi connectivity index (χ0v) is 15.6. The van der Waals surface area contributed by atoms with Gasteiger partial charge in [-0.25, -0.2) is 8.42 Å². The highest BCUT2D eigenvalue weighted by Gasteiger charge is 2.23. The van der Waals surface area contributed by atoms with Crippen molar-refractivity contribution in [3.05, 3.63) is 29.8 Å². The molecule has 0 radical (unpaired) electrons. The number of carbonyl (C=O) groups is 1. The molecule has 0 bridgehead atoms. The highest BCUT2D eigenvalue weighted by molar-refractivity contribution is 7.91. The fourth-order valence-electron chi connectivity index (χ4n) is 3.01. The van der Waals surface area contributed by atoms with Crippen LogP contribution in [0.1, 0.15) is 44.0 Å². The van der Waals surface area contributed by atoms with Gasteiger partial charge in [-0.1, -0.05) is 26.0 Å². The number of sulfone groups is 1. The number of hydrogen-bond acceptors (Lipinski definition) is 4. The maximum atomic E-state index is 12.5. The van der Waals surface area contributed by atoms with Gasteiger partial charge in [-0.05, 0) is 50.9 Å². The SMILES string of the molecule is CCS(=O)(=O)c1ccccc1C(=O)NC[C@H](C)N1CCC(C)CC1. The minimum atomic E-state index is -3.41. The number of benzene rings is 1. The predicted octanol–water partition coefficient (Wildman–Crippen LogP) is 2.33. The van der Waals surface area contributed by atoms with Crippen LogP contribution in [0.4, 0.5) is 0 Å². The molecule has 0 unspecified atom stereocenters. The van der Waals surface area contributed by atoms with E-state index in [0.29, 0.717) is 6.54 Å². The van der Waals surface area contributed by atoms with Crippen molar-refractivity contribution in [3.8, 4) is 0 Å². The van der Waals surface area contributed by atoms with E-state index in [9.17, 15) is 13.2 Å². The zero-order chi connectivity index (χ0) is 17.7. The van der Waals surface area contributed by atoms with Crippen LogP contribution in [0.2, 0.25) is 0 Å². The maximum absolute atomic E-state index is 12.5. The van der Waals surface area contributed by atoms with Gasteiger partial charge in [-0.3, -0.25) is 9.69 Å². The number of nitrogens with one attached hydrogen (secondary N) is 1. The van der Waals surface area contributed by atoms with E-state index in [1.165, 1.54) is 18.9 Å². The Morgan fingerprint density at radius 3 is 2.54 bits per heavy atom. The van der Waals surface area contributed by atoms with Crippen LogP contribution in [0.5, 0.6) is 0 Å². The van der Waals surface area contributed by atoms with Crippen molar-refractivity contribution in [2.24, 2.45) is 5.92 Å². The lowest BCUT2D eigenvalue weighted by molar-refractivity contribution is 0.0918. The molecule has 1 amide bonds. The molecule has 5 nitrogen and oxygen atoms in total. The summed E-state index contributed by atoms with van der Waals surface area (Å²) in [6, 6.07) is 6.67. The predicted molar refractivity (Wildman–Crippen MR) is 95.9 cm³/mol. The lowest BCUT2D eigenvalue weighted by Crippen LogP contribution is -2.45. The molecule has 1 aliphatic rings. The Hall–Kier alpha value is -1.40. The molecule has 0 saturated carbocycles. The molecule has 1 heterocycles. The van der Waals surface area contributed by atoms with E-state index in [0.717, 1.165) is 19.0 Å². The normalized spacial score (nSPS) is 18.3. The third kappa shape index (κ3) is 4.57. The van der Waals surface area contributed by atoms with Gasteiger partial charge in [0.1, 0.15) is 0 Å². The number of amides is 1. The number of likely N-dealkylation sites (tertiary alicyclic amines) is 1. The van der Waals surface area contributed by atoms with Crippen LogP contribution in [-0.4, -0.2) is 50.7 Å². The minimum absolute atomic E-state index is 0.0142. The van der Waals surface area contributed by atoms with E-state index >= 15 is 0 Å². The van der Waals surface area contributed by atoms with Gasteiger partial charge in [-0.15, -0.1) is 0 Å². The van der Waals surface area contributed by atoms with Crippen molar-refractivity contribution in [1.29, 1.82) is 0 Å². The number of hydrogen-bond donors (Lipinski definition) is 1. The second kappa shape index (κ2) is 8.12. The Morgan fingerprint density at radius 1 is 1.29 bits per heavy atom. The summed E-state index contributed by atoms with van der Waals surface area (Å²) >= 11 is 0. The summed E-state index contributed by atoms with van der Waals surface area (Å²) in [5, 5.41) is 2.90. The molecule has 0 spiro atoms. The van der Waals surface area contributed by atoms with Crippen LogP contribution < -0.4 is 5.32 Å². The molecular weight excluding hydrogens is 324 g/mol. The van der Waals surface area contributed by atoms with Gasteiger partial charge in [0.25, 0.3) is 5.91 Å². The van der Waals surface area contributed by atoms with Gasteiger partial charge < -0.3 is 5.32 Å². The first kappa shape index (κ1) is 18.9. The first-order valence-corrected chi connectivity index (χ1v) is 10.3. The Balaban J connectivity index is 2.01. The molecular formula is C18H28N2O3S. The number of nitrogens with zero attached hydrogens (tertiary/aromatic N) is 1. The maximum Gasteiger partial charge on any atom is 0.252 e. The summed E-state index contributed by atoms with van der Waals surface area (Å²) in [7, 11) is -3.41. The lowest BCUT2D eigenvalue weighted by Gasteiger charge is -2.35. The summed E-state index contributed by atoms with van der Waals surface area (Å²) in [5.74, 6) is 0.439. The van der Waals surface area contributed by atoms with Crippen molar-refractivity contribution in [1.82, 2.24) is 10.2 Å². The van der Waals surface area contributed by atoms with E-state index in [1.54, 1.807) is 25.1 Å². The highest BCUT2D eigenvalue weighted by Crippen LogP contribution is 2.19. The van der Waals surface area contributed by atoms with Crippen LogP contribution in [0.3, 0.4) is 0 Å². The molecule has 1 atom stereocenters. The zero-order valence-electron chi connectivity index (χ0n) is 14.8. The van der Waals surface area contributed by atoms with E-state index < -0.39 is 9.84 Å². The molecule has 1 aromatic carbocycles. The van der Waals surface area contributed by atoms with Crippen molar-refractivity contribution in [2.45, 2.75) is 44.6 Å². The summed E-state index contributed by atoms with van der Waals surface area (Å²) in [6.07, 6.45) is 2.38. The average molecular weight is 353 g/mol. The standard InChI is InChI=1S/C18H28N2O3S/c1-4-24(22,23)17-8-6-5-7-16(17)18(21)19-13-15(3)20-11-9-14(2)10-12-20/h5-8,14-15H,4,9-13H2,1-3H3,(H,19,21)/t15-/m0/s1. The summed E-state index contributed by atoms with van der Waals surface area (Å²) in [6.45, 7) is 8.59. The van der Waals surface area contributed by atoms with E-state index in [4.69, 9.17) is 0 Å². The Morgan fingerprint density at radius 2 is 1.92 bits per heavy atom. The average Bonchev–Trinajstić information content (AvgIpc) is 2.60. The first-order chi connectivity index (χ1) is 11.3. The molecule has 24 heavy (non-hydrogen) atoms. The fourth-order valence-corrected chi connectivity index (χ4v) is 4.11. The number of rotatable bonds is 6. The third-order valence-electron chi connectivity index (χ3n) is 4.85. The van der Waals surface area contributed by atoms with Crippen LogP contribution >= 0.6 is 0 Å². The molecule has 1 aromatic rings. The summed E-state index contributed by atoms with van der Waals surface area (Å²) in [4.78, 5) is 15.0. The van der Waals surface area contributed by atoms with Gasteiger partial charge >= 0.3 is 0 Å². The fraction of sp³-hybridized carbons (Fsp3) is 0.611. The molecule has 1 fully saturated rings. The van der Waals surface area contributed by atoms with Crippen molar-refractivity contribution >= 4 is 15.7 Å². The van der Waals surface area contributed by atoms with Crippen LogP contribution in [0.15, 0.2) is 29.2 Å². The first-order valence-electron chi connectivity index (χ1n) is 8.69. The molecule has 0 aromatic heterocycles. The van der Waals surface area contributed by atoms with Gasteiger partial charge in [-0.2, -0.15) is 0 Å². The molecule has 1 aliphatic heterocycles. The van der Waals surface area contributed by atoms with E-state index in [1.807, 2.05) is 0 Å². The lowest BCUT2D eigenvalue weighted by atomic mass is 9.98. The monoisotopic (exact) mass is 352 g/mol. The van der Waals surface area contributed by atoms with Crippen molar-refractivity contribution < 1.29 is 13.2 Å². The van der Waals surface area contributed by atoms with E-state index in [2.05, 4.69) is 24.1 Å². The number of piperidine rings is 1. The molecule has 134 valence electrons. The minimum Gasteiger partial charge on any atom is -0.350 e. The van der Waals surface area contributed by atoms with Gasteiger partial charge in [0.15, 0.2) is 9.84 Å². The highest BCUT2D eigenvalue weighted by atomic mass is 32.2. The molecule has 6 heteroatoms. The Labute approximate surface area is 145 Å². The largest absolute Gasteiger partial charge is 0.350 e. The third-order valence-corrected chi connectivity index (χ3v) is 6.63. The van der Waals surface area contributed by atoms with Crippen LogP contribution in [-0.2, 0) is 9.84 Å². The topological polar surface area (TPSA) is 66.5 Å². The Kier molecular flexibility index (Phi) is 6.40. The van der Waals surface area contributed by atoms with Gasteiger partial charge in [0, 0.05) is 12.6 Å². The quantitative estimate of drug-likeness (QED) is 0.853. The summed E-state index contributed by atoms with van der Waals surface area (Å²) < 4.78 is 24.3. The van der Waals surface area contributed by atoms with Crippen LogP contribution in [0, 0.1) is 5.92 Å². The van der Waals surface area contributed by atoms with Gasteiger partial charge in [0.05, 0.1) is 16.2 Å². The van der Waals surface area contributed by atoms with Crippen LogP contribution in [0.25, 0.3) is 0 Å². The summed E-state index contributed by atoms with van der Waals surface area (Å²) in [5.41, 5.74) is 0.235. The van der Waals surface area contributed by atoms with Crippen molar-refractivity contribution in [2.75, 3.05) is 25.4 Å². The smallest absolute Gasteiger partial charge is 0.252 e. The van der Waals surface area contributed by atoms with Crippen molar-refractivity contribution in [3.63, 3.8) is 0 Å². The van der Waals surface area contributed by atoms with Gasteiger partial charge in [0.2, 0.25) is 0 Å². The molecule has 2 rings (SSSR count).